The Morgan fingerprint density at radius 2 is 2.04 bits per heavy atom. The molecule has 6 heteroatoms. The molecule has 0 aliphatic heterocycles. The summed E-state index contributed by atoms with van der Waals surface area (Å²) in [7, 11) is 1.58. The molecule has 0 radical (unpaired) electrons. The second-order valence-electron chi connectivity index (χ2n) is 6.51. The van der Waals surface area contributed by atoms with Gasteiger partial charge in [-0.3, -0.25) is 14.2 Å². The quantitative estimate of drug-likeness (QED) is 0.628. The number of nitrogens with zero attached hydrogens (tertiary/aromatic N) is 2. The molecule has 144 valence electrons. The molecule has 28 heavy (non-hydrogen) atoms. The van der Waals surface area contributed by atoms with Crippen LogP contribution in [-0.2, 0) is 11.2 Å². The van der Waals surface area contributed by atoms with Gasteiger partial charge in [0.05, 0.1) is 23.7 Å². The molecule has 0 fully saturated rings. The third kappa shape index (κ3) is 3.58. The summed E-state index contributed by atoms with van der Waals surface area (Å²) in [6.07, 6.45) is 3.14. The lowest BCUT2D eigenvalue weighted by Gasteiger charge is -2.16. The Morgan fingerprint density at radius 1 is 1.29 bits per heavy atom. The van der Waals surface area contributed by atoms with Gasteiger partial charge in [-0.1, -0.05) is 6.92 Å². The van der Waals surface area contributed by atoms with Crippen LogP contribution in [0, 0.1) is 12.7 Å². The van der Waals surface area contributed by atoms with Crippen molar-refractivity contribution in [2.75, 3.05) is 7.11 Å². The Kier molecular flexibility index (Phi) is 5.40. The molecule has 0 atom stereocenters. The van der Waals surface area contributed by atoms with Gasteiger partial charge in [-0.25, -0.2) is 9.37 Å². The van der Waals surface area contributed by atoms with Gasteiger partial charge in [0.1, 0.15) is 17.4 Å². The molecule has 0 unspecified atom stereocenters. The maximum absolute atomic E-state index is 14.4. The Labute approximate surface area is 162 Å². The topological polar surface area (TPSA) is 61.2 Å². The van der Waals surface area contributed by atoms with Crippen molar-refractivity contribution in [3.63, 3.8) is 0 Å². The van der Waals surface area contributed by atoms with Gasteiger partial charge in [-0.2, -0.15) is 0 Å². The molecule has 1 aromatic heterocycles. The molecule has 0 N–H and O–H groups in total. The summed E-state index contributed by atoms with van der Waals surface area (Å²) in [6, 6.07) is 8.11. The predicted molar refractivity (Wildman–Crippen MR) is 108 cm³/mol. The Hall–Kier alpha value is -3.28. The van der Waals surface area contributed by atoms with Crippen LogP contribution in [0.5, 0.6) is 5.75 Å². The number of methoxy groups -OCH3 is 1. The van der Waals surface area contributed by atoms with E-state index in [2.05, 4.69) is 4.98 Å². The summed E-state index contributed by atoms with van der Waals surface area (Å²) in [5, 5.41) is 0.289. The normalized spacial score (nSPS) is 11.3. The first-order valence-corrected chi connectivity index (χ1v) is 8.94. The number of carbonyl (C=O) groups is 1. The molecule has 0 spiro atoms. The number of aryl methyl sites for hydroxylation is 2. The van der Waals surface area contributed by atoms with Crippen molar-refractivity contribution in [2.24, 2.45) is 0 Å². The van der Waals surface area contributed by atoms with E-state index in [0.717, 1.165) is 5.56 Å². The van der Waals surface area contributed by atoms with Gasteiger partial charge < -0.3 is 4.74 Å². The number of ketones is 1. The van der Waals surface area contributed by atoms with Gasteiger partial charge >= 0.3 is 0 Å². The largest absolute Gasteiger partial charge is 0.497 e. The van der Waals surface area contributed by atoms with Gasteiger partial charge in [0.2, 0.25) is 0 Å². The maximum atomic E-state index is 14.4. The van der Waals surface area contributed by atoms with Gasteiger partial charge in [0, 0.05) is 18.1 Å². The van der Waals surface area contributed by atoms with E-state index in [-0.39, 0.29) is 22.3 Å². The van der Waals surface area contributed by atoms with Crippen molar-refractivity contribution in [3.8, 4) is 11.4 Å². The summed E-state index contributed by atoms with van der Waals surface area (Å²) in [4.78, 5) is 29.0. The zero-order chi connectivity index (χ0) is 20.4. The van der Waals surface area contributed by atoms with E-state index in [1.54, 1.807) is 17.7 Å². The number of hydrogen-bond donors (Lipinski definition) is 0. The molecule has 0 saturated heterocycles. The number of rotatable bonds is 5. The molecule has 2 aromatic carbocycles. The van der Waals surface area contributed by atoms with Gasteiger partial charge in [0.15, 0.2) is 5.78 Å². The highest BCUT2D eigenvalue weighted by Gasteiger charge is 2.15. The number of allylic oxidation sites excluding steroid dienone is 1. The third-order valence-electron chi connectivity index (χ3n) is 4.51. The fourth-order valence-corrected chi connectivity index (χ4v) is 3.10. The SMILES string of the molecule is CCc1nc2cc(F)c(/C=C/C(C)=O)cc2c(=O)n1-c1ccc(OC)cc1C. The molecule has 0 saturated carbocycles. The van der Waals surface area contributed by atoms with Crippen molar-refractivity contribution in [3.05, 3.63) is 69.5 Å². The third-order valence-corrected chi connectivity index (χ3v) is 4.51. The summed E-state index contributed by atoms with van der Waals surface area (Å²) in [5.41, 5.74) is 1.73. The van der Waals surface area contributed by atoms with Crippen molar-refractivity contribution < 1.29 is 13.9 Å². The maximum Gasteiger partial charge on any atom is 0.266 e. The van der Waals surface area contributed by atoms with Crippen molar-refractivity contribution in [1.29, 1.82) is 0 Å². The minimum absolute atomic E-state index is 0.170. The van der Waals surface area contributed by atoms with E-state index in [4.69, 9.17) is 4.74 Å². The van der Waals surface area contributed by atoms with Crippen LogP contribution in [0.1, 0.15) is 30.8 Å². The first-order chi connectivity index (χ1) is 13.3. The molecule has 1 heterocycles. The highest BCUT2D eigenvalue weighted by molar-refractivity contribution is 5.92. The standard InChI is InChI=1S/C22H21FN2O3/c1-5-21-24-19-12-18(23)15(7-6-14(3)26)11-17(19)22(27)25(21)20-9-8-16(28-4)10-13(20)2/h6-12H,5H2,1-4H3/b7-6+. The van der Waals surface area contributed by atoms with Gasteiger partial charge in [-0.15, -0.1) is 0 Å². The molecular formula is C22H21FN2O3. The number of carbonyl (C=O) groups excluding carboxylic acids is 1. The number of aromatic nitrogens is 2. The molecule has 3 rings (SSSR count). The fourth-order valence-electron chi connectivity index (χ4n) is 3.10. The van der Waals surface area contributed by atoms with E-state index < -0.39 is 5.82 Å². The zero-order valence-corrected chi connectivity index (χ0v) is 16.2. The average Bonchev–Trinajstić information content (AvgIpc) is 2.66. The zero-order valence-electron chi connectivity index (χ0n) is 16.2. The van der Waals surface area contributed by atoms with E-state index in [1.165, 1.54) is 31.2 Å². The minimum atomic E-state index is -0.530. The van der Waals surface area contributed by atoms with Crippen LogP contribution in [0.3, 0.4) is 0 Å². The molecule has 0 aliphatic carbocycles. The number of fused-ring (bicyclic) bond motifs is 1. The Morgan fingerprint density at radius 3 is 2.64 bits per heavy atom. The highest BCUT2D eigenvalue weighted by Crippen LogP contribution is 2.23. The van der Waals surface area contributed by atoms with Gasteiger partial charge in [0.25, 0.3) is 5.56 Å². The highest BCUT2D eigenvalue weighted by atomic mass is 19.1. The van der Waals surface area contributed by atoms with Crippen LogP contribution in [0.2, 0.25) is 0 Å². The van der Waals surface area contributed by atoms with E-state index in [0.29, 0.717) is 29.2 Å². The summed E-state index contributed by atoms with van der Waals surface area (Å²) in [5.74, 6) is 0.500. The number of ether oxygens (including phenoxy) is 1. The van der Waals surface area contributed by atoms with Crippen LogP contribution < -0.4 is 10.3 Å². The minimum Gasteiger partial charge on any atom is -0.497 e. The number of halogens is 1. The molecule has 0 amide bonds. The smallest absolute Gasteiger partial charge is 0.266 e. The first-order valence-electron chi connectivity index (χ1n) is 8.94. The van der Waals surface area contributed by atoms with E-state index >= 15 is 0 Å². The number of hydrogen-bond acceptors (Lipinski definition) is 4. The van der Waals surface area contributed by atoms with Crippen molar-refractivity contribution >= 4 is 22.8 Å². The van der Waals surface area contributed by atoms with E-state index in [1.807, 2.05) is 26.0 Å². The summed E-state index contributed by atoms with van der Waals surface area (Å²) in [6.45, 7) is 5.16. The van der Waals surface area contributed by atoms with Gasteiger partial charge in [-0.05, 0) is 55.8 Å². The Balaban J connectivity index is 2.31. The lowest BCUT2D eigenvalue weighted by atomic mass is 10.1. The molecule has 3 aromatic rings. The summed E-state index contributed by atoms with van der Waals surface area (Å²) >= 11 is 0. The van der Waals surface area contributed by atoms with Crippen LogP contribution in [0.15, 0.2) is 41.2 Å². The lowest BCUT2D eigenvalue weighted by molar-refractivity contribution is -0.112. The first kappa shape index (κ1) is 19.5. The molecular weight excluding hydrogens is 359 g/mol. The molecule has 0 aliphatic rings. The summed E-state index contributed by atoms with van der Waals surface area (Å²) < 4.78 is 21.2. The lowest BCUT2D eigenvalue weighted by Crippen LogP contribution is -2.24. The van der Waals surface area contributed by atoms with Crippen LogP contribution in [0.25, 0.3) is 22.7 Å². The van der Waals surface area contributed by atoms with Crippen LogP contribution >= 0.6 is 0 Å². The Bertz CT molecular complexity index is 1160. The molecule has 5 nitrogen and oxygen atoms in total. The van der Waals surface area contributed by atoms with Crippen LogP contribution in [-0.4, -0.2) is 22.4 Å². The average molecular weight is 380 g/mol. The van der Waals surface area contributed by atoms with Crippen LogP contribution in [0.4, 0.5) is 4.39 Å². The van der Waals surface area contributed by atoms with Crippen molar-refractivity contribution in [2.45, 2.75) is 27.2 Å². The monoisotopic (exact) mass is 380 g/mol. The second kappa shape index (κ2) is 7.76. The molecule has 0 bridgehead atoms. The van der Waals surface area contributed by atoms with E-state index in [9.17, 15) is 14.0 Å². The van der Waals surface area contributed by atoms with Crippen molar-refractivity contribution in [1.82, 2.24) is 9.55 Å². The number of benzene rings is 2. The fraction of sp³-hybridized carbons (Fsp3) is 0.227. The predicted octanol–water partition coefficient (Wildman–Crippen LogP) is 4.01. The second-order valence-corrected chi connectivity index (χ2v) is 6.51.